The second kappa shape index (κ2) is 8.33. The number of carbonyl (C=O) groups is 1. The number of piperidine rings is 1. The molecule has 2 aliphatic heterocycles. The highest BCUT2D eigenvalue weighted by Crippen LogP contribution is 2.21. The summed E-state index contributed by atoms with van der Waals surface area (Å²) in [5.41, 5.74) is 2.36. The molecule has 1 atom stereocenters. The molecule has 2 heterocycles. The van der Waals surface area contributed by atoms with E-state index in [-0.39, 0.29) is 5.91 Å². The molecule has 4 heteroatoms. The van der Waals surface area contributed by atoms with E-state index >= 15 is 0 Å². The summed E-state index contributed by atoms with van der Waals surface area (Å²) in [4.78, 5) is 19.7. The third-order valence-electron chi connectivity index (χ3n) is 5.87. The average molecular weight is 344 g/mol. The molecule has 25 heavy (non-hydrogen) atoms. The zero-order valence-corrected chi connectivity index (χ0v) is 16.1. The van der Waals surface area contributed by atoms with Crippen LogP contribution in [-0.4, -0.2) is 73.0 Å². The molecule has 0 aromatic heterocycles. The molecule has 1 aromatic rings. The zero-order chi connectivity index (χ0) is 17.8. The van der Waals surface area contributed by atoms with Crippen molar-refractivity contribution in [2.45, 2.75) is 39.2 Å². The van der Waals surface area contributed by atoms with Gasteiger partial charge in [0.05, 0.1) is 6.42 Å². The summed E-state index contributed by atoms with van der Waals surface area (Å²) < 4.78 is 0. The van der Waals surface area contributed by atoms with Gasteiger partial charge in [-0.25, -0.2) is 0 Å². The number of piperazine rings is 1. The van der Waals surface area contributed by atoms with Crippen molar-refractivity contribution in [3.8, 4) is 0 Å². The first-order chi connectivity index (χ1) is 12.0. The van der Waals surface area contributed by atoms with E-state index in [1.165, 1.54) is 31.7 Å². The molecule has 1 amide bonds. The van der Waals surface area contributed by atoms with Crippen LogP contribution in [0.1, 0.15) is 30.9 Å². The Morgan fingerprint density at radius 1 is 1.16 bits per heavy atom. The largest absolute Gasteiger partial charge is 0.342 e. The third kappa shape index (κ3) is 5.05. The van der Waals surface area contributed by atoms with Crippen molar-refractivity contribution in [1.29, 1.82) is 0 Å². The number of amides is 1. The van der Waals surface area contributed by atoms with Gasteiger partial charge >= 0.3 is 0 Å². The normalized spacial score (nSPS) is 23.8. The van der Waals surface area contributed by atoms with E-state index < -0.39 is 0 Å². The molecule has 2 aliphatic rings. The van der Waals surface area contributed by atoms with Gasteiger partial charge in [-0.1, -0.05) is 29.8 Å². The minimum absolute atomic E-state index is 0.289. The highest BCUT2D eigenvalue weighted by atomic mass is 16.2. The van der Waals surface area contributed by atoms with Crippen LogP contribution in [0.3, 0.4) is 0 Å². The van der Waals surface area contributed by atoms with E-state index in [2.05, 4.69) is 53.8 Å². The molecule has 2 saturated heterocycles. The first kappa shape index (κ1) is 18.4. The summed E-state index contributed by atoms with van der Waals surface area (Å²) in [5.74, 6) is 1.03. The Labute approximate surface area is 152 Å². The summed E-state index contributed by atoms with van der Waals surface area (Å²) in [7, 11) is 2.21. The SMILES string of the molecule is Cc1cccc(CC(=O)N2CCC(CN3CCN(C)CC3C)CC2)c1. The lowest BCUT2D eigenvalue weighted by molar-refractivity contribution is -0.132. The molecule has 1 aromatic carbocycles. The molecule has 4 nitrogen and oxygen atoms in total. The monoisotopic (exact) mass is 343 g/mol. The topological polar surface area (TPSA) is 26.8 Å². The number of rotatable bonds is 4. The maximum absolute atomic E-state index is 12.6. The van der Waals surface area contributed by atoms with Crippen LogP contribution in [0.4, 0.5) is 0 Å². The van der Waals surface area contributed by atoms with Gasteiger partial charge in [0.1, 0.15) is 0 Å². The van der Waals surface area contributed by atoms with Crippen molar-refractivity contribution in [2.24, 2.45) is 5.92 Å². The fourth-order valence-electron chi connectivity index (χ4n) is 4.25. The Balaban J connectivity index is 1.44. The summed E-state index contributed by atoms with van der Waals surface area (Å²) in [6.07, 6.45) is 2.85. The molecule has 138 valence electrons. The molecule has 1 unspecified atom stereocenters. The van der Waals surface area contributed by atoms with Crippen molar-refractivity contribution < 1.29 is 4.79 Å². The number of hydrogen-bond donors (Lipinski definition) is 0. The van der Waals surface area contributed by atoms with Crippen molar-refractivity contribution in [2.75, 3.05) is 46.3 Å². The van der Waals surface area contributed by atoms with Crippen LogP contribution in [-0.2, 0) is 11.2 Å². The third-order valence-corrected chi connectivity index (χ3v) is 5.87. The lowest BCUT2D eigenvalue weighted by Gasteiger charge is -2.41. The molecule has 2 fully saturated rings. The number of likely N-dealkylation sites (tertiary alicyclic amines) is 1. The van der Waals surface area contributed by atoms with Crippen LogP contribution in [0.5, 0.6) is 0 Å². The number of carbonyl (C=O) groups excluding carboxylic acids is 1. The number of benzene rings is 1. The molecule has 3 rings (SSSR count). The van der Waals surface area contributed by atoms with E-state index in [9.17, 15) is 4.79 Å². The van der Waals surface area contributed by atoms with E-state index in [1.807, 2.05) is 6.07 Å². The van der Waals surface area contributed by atoms with E-state index in [4.69, 9.17) is 0 Å². The summed E-state index contributed by atoms with van der Waals surface area (Å²) >= 11 is 0. The lowest BCUT2D eigenvalue weighted by Crippen LogP contribution is -2.52. The van der Waals surface area contributed by atoms with Crippen LogP contribution < -0.4 is 0 Å². The van der Waals surface area contributed by atoms with E-state index in [0.29, 0.717) is 12.5 Å². The summed E-state index contributed by atoms with van der Waals surface area (Å²) in [6.45, 7) is 11.0. The zero-order valence-electron chi connectivity index (χ0n) is 16.1. The average Bonchev–Trinajstić information content (AvgIpc) is 2.58. The van der Waals surface area contributed by atoms with Gasteiger partial charge < -0.3 is 9.80 Å². The Morgan fingerprint density at radius 3 is 2.60 bits per heavy atom. The first-order valence-corrected chi connectivity index (χ1v) is 9.77. The van der Waals surface area contributed by atoms with Gasteiger partial charge in [-0.2, -0.15) is 0 Å². The predicted octanol–water partition coefficient (Wildman–Crippen LogP) is 2.41. The maximum atomic E-state index is 12.6. The quantitative estimate of drug-likeness (QED) is 0.840. The lowest BCUT2D eigenvalue weighted by atomic mass is 9.94. The number of aryl methyl sites for hydroxylation is 1. The fourth-order valence-corrected chi connectivity index (χ4v) is 4.25. The van der Waals surface area contributed by atoms with Crippen LogP contribution in [0.15, 0.2) is 24.3 Å². The minimum atomic E-state index is 0.289. The van der Waals surface area contributed by atoms with Crippen molar-refractivity contribution in [3.63, 3.8) is 0 Å². The fraction of sp³-hybridized carbons (Fsp3) is 0.667. The standard InChI is InChI=1S/C21H33N3O/c1-17-5-4-6-20(13-17)14-21(25)23-9-7-19(8-10-23)16-24-12-11-22(3)15-18(24)2/h4-6,13,18-19H,7-12,14-16H2,1-3H3. The van der Waals surface area contributed by atoms with Crippen LogP contribution in [0.2, 0.25) is 0 Å². The van der Waals surface area contributed by atoms with Gasteiger partial charge in [0.25, 0.3) is 0 Å². The van der Waals surface area contributed by atoms with Crippen LogP contribution in [0.25, 0.3) is 0 Å². The Bertz CT molecular complexity index is 580. The second-order valence-corrected chi connectivity index (χ2v) is 8.10. The molecule has 0 bridgehead atoms. The predicted molar refractivity (Wildman–Crippen MR) is 103 cm³/mol. The van der Waals surface area contributed by atoms with Crippen LogP contribution >= 0.6 is 0 Å². The molecule has 0 spiro atoms. The van der Waals surface area contributed by atoms with E-state index in [1.54, 1.807) is 0 Å². The number of hydrogen-bond acceptors (Lipinski definition) is 3. The molecular formula is C21H33N3O. The Kier molecular flexibility index (Phi) is 6.13. The van der Waals surface area contributed by atoms with E-state index in [0.717, 1.165) is 37.4 Å². The smallest absolute Gasteiger partial charge is 0.226 e. The molecule has 0 radical (unpaired) electrons. The number of nitrogens with zero attached hydrogens (tertiary/aromatic N) is 3. The Hall–Kier alpha value is -1.39. The van der Waals surface area contributed by atoms with Crippen LogP contribution in [0, 0.1) is 12.8 Å². The number of likely N-dealkylation sites (N-methyl/N-ethyl adjacent to an activating group) is 1. The summed E-state index contributed by atoms with van der Waals surface area (Å²) in [5, 5.41) is 0. The molecular weight excluding hydrogens is 310 g/mol. The molecule has 0 aliphatic carbocycles. The van der Waals surface area contributed by atoms with Gasteiger partial charge in [-0.3, -0.25) is 9.69 Å². The first-order valence-electron chi connectivity index (χ1n) is 9.77. The minimum Gasteiger partial charge on any atom is -0.342 e. The van der Waals surface area contributed by atoms with Gasteiger partial charge in [0.2, 0.25) is 5.91 Å². The molecule has 0 N–H and O–H groups in total. The van der Waals surface area contributed by atoms with Gasteiger partial charge in [-0.05, 0) is 45.2 Å². The second-order valence-electron chi connectivity index (χ2n) is 8.10. The Morgan fingerprint density at radius 2 is 1.92 bits per heavy atom. The van der Waals surface area contributed by atoms with Gasteiger partial charge in [0, 0.05) is 45.3 Å². The maximum Gasteiger partial charge on any atom is 0.226 e. The summed E-state index contributed by atoms with van der Waals surface area (Å²) in [6, 6.07) is 8.96. The van der Waals surface area contributed by atoms with Crippen molar-refractivity contribution in [1.82, 2.24) is 14.7 Å². The van der Waals surface area contributed by atoms with Gasteiger partial charge in [0.15, 0.2) is 0 Å². The highest BCUT2D eigenvalue weighted by molar-refractivity contribution is 5.78. The highest BCUT2D eigenvalue weighted by Gasteiger charge is 2.27. The van der Waals surface area contributed by atoms with Crippen molar-refractivity contribution in [3.05, 3.63) is 35.4 Å². The molecule has 0 saturated carbocycles. The van der Waals surface area contributed by atoms with Crippen molar-refractivity contribution >= 4 is 5.91 Å². The van der Waals surface area contributed by atoms with Gasteiger partial charge in [-0.15, -0.1) is 0 Å².